The number of carbonyl (C=O) groups is 2. The predicted molar refractivity (Wildman–Crippen MR) is 68.7 cm³/mol. The molecule has 4 nitrogen and oxygen atoms in total. The highest BCUT2D eigenvalue weighted by molar-refractivity contribution is 6.16. The maximum atomic E-state index is 13.5. The molecule has 1 heterocycles. The Morgan fingerprint density at radius 1 is 1.26 bits per heavy atom. The van der Waals surface area contributed by atoms with E-state index in [9.17, 15) is 14.0 Å². The van der Waals surface area contributed by atoms with Crippen molar-refractivity contribution in [3.63, 3.8) is 0 Å². The number of piperidine rings is 1. The van der Waals surface area contributed by atoms with Gasteiger partial charge in [0.05, 0.1) is 17.8 Å². The van der Waals surface area contributed by atoms with Crippen molar-refractivity contribution in [2.24, 2.45) is 5.73 Å². The van der Waals surface area contributed by atoms with Crippen molar-refractivity contribution in [2.75, 3.05) is 11.4 Å². The van der Waals surface area contributed by atoms with Gasteiger partial charge in [-0.05, 0) is 24.6 Å². The molecule has 1 aromatic rings. The summed E-state index contributed by atoms with van der Waals surface area (Å²) in [6.07, 6.45) is 1.22. The van der Waals surface area contributed by atoms with Crippen molar-refractivity contribution in [3.05, 3.63) is 29.6 Å². The first-order chi connectivity index (χ1) is 9.13. The first-order valence-electron chi connectivity index (χ1n) is 5.97. The molecule has 1 fully saturated rings. The van der Waals surface area contributed by atoms with E-state index in [0.717, 1.165) is 4.90 Å². The number of nitrogens with two attached hydrogens (primary N) is 1. The quantitative estimate of drug-likeness (QED) is 0.609. The molecular weight excluding hydrogens is 247 g/mol. The molecule has 0 atom stereocenters. The summed E-state index contributed by atoms with van der Waals surface area (Å²) < 4.78 is 13.5. The van der Waals surface area contributed by atoms with Gasteiger partial charge in [0.2, 0.25) is 11.8 Å². The number of benzene rings is 1. The number of amides is 2. The lowest BCUT2D eigenvalue weighted by Crippen LogP contribution is -2.40. The van der Waals surface area contributed by atoms with Gasteiger partial charge in [-0.3, -0.25) is 14.5 Å². The molecule has 1 aliphatic rings. The van der Waals surface area contributed by atoms with Crippen LogP contribution in [0.3, 0.4) is 0 Å². The van der Waals surface area contributed by atoms with Crippen LogP contribution in [0, 0.1) is 17.7 Å². The van der Waals surface area contributed by atoms with E-state index < -0.39 is 5.82 Å². The third-order valence-electron chi connectivity index (χ3n) is 2.81. The smallest absolute Gasteiger partial charge is 0.233 e. The molecular formula is C14H13FN2O2. The fourth-order valence-electron chi connectivity index (χ4n) is 1.94. The van der Waals surface area contributed by atoms with Crippen LogP contribution < -0.4 is 10.6 Å². The molecule has 0 aliphatic carbocycles. The number of imide groups is 1. The number of halogens is 1. The molecule has 2 rings (SSSR count). The Hall–Kier alpha value is -2.19. The molecule has 5 heteroatoms. The Bertz CT molecular complexity index is 571. The Morgan fingerprint density at radius 3 is 2.58 bits per heavy atom. The maximum Gasteiger partial charge on any atom is 0.233 e. The Kier molecular flexibility index (Phi) is 3.93. The second-order valence-electron chi connectivity index (χ2n) is 4.15. The molecule has 2 amide bonds. The molecule has 0 unspecified atom stereocenters. The summed E-state index contributed by atoms with van der Waals surface area (Å²) in [5, 5.41) is 0. The summed E-state index contributed by atoms with van der Waals surface area (Å²) >= 11 is 0. The summed E-state index contributed by atoms with van der Waals surface area (Å²) in [5.74, 6) is 4.10. The zero-order valence-corrected chi connectivity index (χ0v) is 10.3. The Morgan fingerprint density at radius 2 is 1.95 bits per heavy atom. The lowest BCUT2D eigenvalue weighted by atomic mass is 10.1. The van der Waals surface area contributed by atoms with E-state index in [1.54, 1.807) is 0 Å². The SMILES string of the molecule is NCC#Cc1cc(N2C(=O)CCCC2=O)ccc1F. The molecule has 0 aromatic heterocycles. The van der Waals surface area contributed by atoms with Crippen molar-refractivity contribution in [1.29, 1.82) is 0 Å². The summed E-state index contributed by atoms with van der Waals surface area (Å²) in [6.45, 7) is 0.116. The van der Waals surface area contributed by atoms with Crippen molar-refractivity contribution in [1.82, 2.24) is 0 Å². The van der Waals surface area contributed by atoms with Crippen LogP contribution in [-0.2, 0) is 9.59 Å². The normalized spacial score (nSPS) is 15.2. The summed E-state index contributed by atoms with van der Waals surface area (Å²) in [6, 6.07) is 4.01. The second-order valence-corrected chi connectivity index (χ2v) is 4.15. The third kappa shape index (κ3) is 2.80. The minimum absolute atomic E-state index is 0.116. The molecule has 98 valence electrons. The molecule has 0 bridgehead atoms. The molecule has 1 aliphatic heterocycles. The van der Waals surface area contributed by atoms with Crippen LogP contribution in [0.5, 0.6) is 0 Å². The topological polar surface area (TPSA) is 63.4 Å². The lowest BCUT2D eigenvalue weighted by Gasteiger charge is -2.25. The van der Waals surface area contributed by atoms with E-state index >= 15 is 0 Å². The van der Waals surface area contributed by atoms with Gasteiger partial charge in [-0.1, -0.05) is 11.8 Å². The lowest BCUT2D eigenvalue weighted by molar-refractivity contribution is -0.129. The standard InChI is InChI=1S/C14H13FN2O2/c15-12-7-6-11(9-10(12)3-2-8-16)17-13(18)4-1-5-14(17)19/h6-7,9H,1,4-5,8,16H2. The molecule has 19 heavy (non-hydrogen) atoms. The van der Waals surface area contributed by atoms with Crippen LogP contribution in [0.4, 0.5) is 10.1 Å². The average Bonchev–Trinajstić information content (AvgIpc) is 2.39. The van der Waals surface area contributed by atoms with Gasteiger partial charge in [0.1, 0.15) is 5.82 Å². The van der Waals surface area contributed by atoms with Crippen molar-refractivity contribution in [3.8, 4) is 11.8 Å². The first kappa shape index (κ1) is 13.2. The fraction of sp³-hybridized carbons (Fsp3) is 0.286. The summed E-state index contributed by atoms with van der Waals surface area (Å²) in [7, 11) is 0. The van der Waals surface area contributed by atoms with E-state index in [-0.39, 0.29) is 23.9 Å². The zero-order valence-electron chi connectivity index (χ0n) is 10.3. The average molecular weight is 260 g/mol. The van der Waals surface area contributed by atoms with Crippen LogP contribution in [0.2, 0.25) is 0 Å². The van der Waals surface area contributed by atoms with Gasteiger partial charge in [-0.2, -0.15) is 0 Å². The van der Waals surface area contributed by atoms with E-state index in [1.165, 1.54) is 18.2 Å². The molecule has 2 N–H and O–H groups in total. The van der Waals surface area contributed by atoms with Crippen LogP contribution in [0.15, 0.2) is 18.2 Å². The predicted octanol–water partition coefficient (Wildman–Crippen LogP) is 1.18. The van der Waals surface area contributed by atoms with Crippen LogP contribution >= 0.6 is 0 Å². The van der Waals surface area contributed by atoms with Gasteiger partial charge >= 0.3 is 0 Å². The second kappa shape index (κ2) is 5.63. The van der Waals surface area contributed by atoms with Gasteiger partial charge < -0.3 is 5.73 Å². The molecule has 0 saturated carbocycles. The molecule has 0 radical (unpaired) electrons. The number of nitrogens with zero attached hydrogens (tertiary/aromatic N) is 1. The van der Waals surface area contributed by atoms with Crippen molar-refractivity contribution >= 4 is 17.5 Å². The van der Waals surface area contributed by atoms with E-state index in [0.29, 0.717) is 24.9 Å². The third-order valence-corrected chi connectivity index (χ3v) is 2.81. The highest BCUT2D eigenvalue weighted by atomic mass is 19.1. The number of hydrogen-bond acceptors (Lipinski definition) is 3. The first-order valence-corrected chi connectivity index (χ1v) is 5.97. The minimum atomic E-state index is -0.499. The van der Waals surface area contributed by atoms with E-state index in [4.69, 9.17) is 5.73 Å². The Labute approximate surface area is 110 Å². The fourth-order valence-corrected chi connectivity index (χ4v) is 1.94. The maximum absolute atomic E-state index is 13.5. The van der Waals surface area contributed by atoms with Crippen molar-refractivity contribution in [2.45, 2.75) is 19.3 Å². The van der Waals surface area contributed by atoms with Gasteiger partial charge in [0, 0.05) is 12.8 Å². The summed E-state index contributed by atoms with van der Waals surface area (Å²) in [5.41, 5.74) is 5.73. The van der Waals surface area contributed by atoms with Crippen molar-refractivity contribution < 1.29 is 14.0 Å². The number of carbonyl (C=O) groups excluding carboxylic acids is 2. The summed E-state index contributed by atoms with van der Waals surface area (Å²) in [4.78, 5) is 24.6. The largest absolute Gasteiger partial charge is 0.320 e. The van der Waals surface area contributed by atoms with Gasteiger partial charge in [0.25, 0.3) is 0 Å². The number of anilines is 1. The zero-order chi connectivity index (χ0) is 13.8. The van der Waals surface area contributed by atoms with E-state index in [2.05, 4.69) is 11.8 Å². The van der Waals surface area contributed by atoms with Gasteiger partial charge in [0.15, 0.2) is 0 Å². The molecule has 1 aromatic carbocycles. The van der Waals surface area contributed by atoms with E-state index in [1.807, 2.05) is 0 Å². The highest BCUT2D eigenvalue weighted by Gasteiger charge is 2.27. The molecule has 1 saturated heterocycles. The van der Waals surface area contributed by atoms with Gasteiger partial charge in [-0.15, -0.1) is 0 Å². The van der Waals surface area contributed by atoms with Gasteiger partial charge in [-0.25, -0.2) is 4.39 Å². The monoisotopic (exact) mass is 260 g/mol. The number of rotatable bonds is 1. The molecule has 0 spiro atoms. The van der Waals surface area contributed by atoms with Crippen LogP contribution in [-0.4, -0.2) is 18.4 Å². The van der Waals surface area contributed by atoms with Crippen LogP contribution in [0.1, 0.15) is 24.8 Å². The highest BCUT2D eigenvalue weighted by Crippen LogP contribution is 2.23. The van der Waals surface area contributed by atoms with Crippen LogP contribution in [0.25, 0.3) is 0 Å². The minimum Gasteiger partial charge on any atom is -0.320 e. The number of hydrogen-bond donors (Lipinski definition) is 1. The Balaban J connectivity index is 2.39.